The number of hydrogen-bond acceptors (Lipinski definition) is 2. The molecule has 71 valence electrons. The fraction of sp³-hybridized carbons (Fsp3) is 0.200. The third-order valence-corrected chi connectivity index (χ3v) is 2.06. The highest BCUT2D eigenvalue weighted by molar-refractivity contribution is 5.82. The first-order valence-electron chi connectivity index (χ1n) is 4.23. The van der Waals surface area contributed by atoms with Gasteiger partial charge in [-0.25, -0.2) is 0 Å². The Morgan fingerprint density at radius 1 is 1.71 bits per heavy atom. The number of carboxylic acid groups (broad SMARTS) is 1. The molecule has 2 aromatic rings. The predicted octanol–water partition coefficient (Wildman–Crippen LogP) is 1.23. The second-order valence-corrected chi connectivity index (χ2v) is 3.08. The third kappa shape index (κ3) is 1.35. The number of rotatable bonds is 2. The molecule has 0 aliphatic carbocycles. The molecule has 0 amide bonds. The summed E-state index contributed by atoms with van der Waals surface area (Å²) in [6.07, 6.45) is 0. The summed E-state index contributed by atoms with van der Waals surface area (Å²) < 4.78 is 1.49. The lowest BCUT2D eigenvalue weighted by Gasteiger charge is -1.97. The Hall–Kier alpha value is -1.84. The molecule has 1 heterocycles. The van der Waals surface area contributed by atoms with E-state index in [0.29, 0.717) is 0 Å². The summed E-state index contributed by atoms with van der Waals surface area (Å²) in [5.74, 6) is -0.887. The number of nitrogens with zero attached hydrogens (tertiary/aromatic N) is 2. The third-order valence-electron chi connectivity index (χ3n) is 2.06. The van der Waals surface area contributed by atoms with Crippen molar-refractivity contribution in [1.29, 1.82) is 0 Å². The van der Waals surface area contributed by atoms with E-state index in [9.17, 15) is 4.79 Å². The van der Waals surface area contributed by atoms with Gasteiger partial charge in [0.1, 0.15) is 6.54 Å². The van der Waals surface area contributed by atoms with Gasteiger partial charge in [0.05, 0.1) is 11.2 Å². The van der Waals surface area contributed by atoms with Crippen LogP contribution in [0.25, 0.3) is 10.9 Å². The molecular formula is C10H9N2O2. The molecule has 1 N–H and O–H groups in total. The molecule has 4 heteroatoms. The highest BCUT2D eigenvalue weighted by Crippen LogP contribution is 2.16. The minimum absolute atomic E-state index is 0.103. The van der Waals surface area contributed by atoms with Crippen molar-refractivity contribution < 1.29 is 9.90 Å². The molecule has 4 nitrogen and oxygen atoms in total. The van der Waals surface area contributed by atoms with Crippen molar-refractivity contribution in [3.8, 4) is 0 Å². The van der Waals surface area contributed by atoms with Crippen molar-refractivity contribution in [3.05, 3.63) is 30.0 Å². The number of aryl methyl sites for hydroxylation is 1. The van der Waals surface area contributed by atoms with Crippen molar-refractivity contribution in [1.82, 2.24) is 9.78 Å². The standard InChI is InChI=1S/C10H9N2O2/c1-7-8-4-2-3-5-9(8)12(11-7)6-10(13)14/h3-5H,6H2,1H3,(H,13,14). The Labute approximate surface area is 80.8 Å². The molecule has 0 aliphatic rings. The maximum atomic E-state index is 10.6. The molecule has 1 aromatic heterocycles. The van der Waals surface area contributed by atoms with Gasteiger partial charge in [-0.1, -0.05) is 6.07 Å². The lowest BCUT2D eigenvalue weighted by atomic mass is 10.2. The molecule has 0 atom stereocenters. The van der Waals surface area contributed by atoms with Crippen molar-refractivity contribution in [2.45, 2.75) is 13.5 Å². The van der Waals surface area contributed by atoms with Gasteiger partial charge in [-0.15, -0.1) is 0 Å². The Kier molecular flexibility index (Phi) is 1.96. The van der Waals surface area contributed by atoms with Crippen molar-refractivity contribution >= 4 is 16.9 Å². The van der Waals surface area contributed by atoms with E-state index in [1.54, 1.807) is 6.07 Å². The number of aliphatic carboxylic acids is 1. The molecular weight excluding hydrogens is 180 g/mol. The number of carboxylic acids is 1. The quantitative estimate of drug-likeness (QED) is 0.773. The van der Waals surface area contributed by atoms with E-state index in [1.807, 2.05) is 19.1 Å². The van der Waals surface area contributed by atoms with Crippen LogP contribution < -0.4 is 0 Å². The van der Waals surface area contributed by atoms with Gasteiger partial charge >= 0.3 is 5.97 Å². The Balaban J connectivity index is 2.60. The van der Waals surface area contributed by atoms with Crippen LogP contribution in [0, 0.1) is 13.0 Å². The fourth-order valence-electron chi connectivity index (χ4n) is 1.47. The highest BCUT2D eigenvalue weighted by Gasteiger charge is 2.08. The van der Waals surface area contributed by atoms with Crippen LogP contribution in [-0.4, -0.2) is 20.9 Å². The number of benzene rings is 1. The van der Waals surface area contributed by atoms with Crippen molar-refractivity contribution in [3.63, 3.8) is 0 Å². The molecule has 1 aromatic carbocycles. The zero-order chi connectivity index (χ0) is 10.1. The van der Waals surface area contributed by atoms with E-state index in [0.717, 1.165) is 16.6 Å². The van der Waals surface area contributed by atoms with Crippen LogP contribution in [0.5, 0.6) is 0 Å². The van der Waals surface area contributed by atoms with Crippen molar-refractivity contribution in [2.24, 2.45) is 0 Å². The molecule has 2 rings (SSSR count). The summed E-state index contributed by atoms with van der Waals surface area (Å²) in [5, 5.41) is 13.8. The minimum atomic E-state index is -0.887. The molecule has 14 heavy (non-hydrogen) atoms. The highest BCUT2D eigenvalue weighted by atomic mass is 16.4. The van der Waals surface area contributed by atoms with Crippen LogP contribution in [0.3, 0.4) is 0 Å². The van der Waals surface area contributed by atoms with E-state index >= 15 is 0 Å². The number of hydrogen-bond donors (Lipinski definition) is 1. The Bertz CT molecular complexity index is 488. The molecule has 1 radical (unpaired) electrons. The lowest BCUT2D eigenvalue weighted by molar-refractivity contribution is -0.137. The summed E-state index contributed by atoms with van der Waals surface area (Å²) in [4.78, 5) is 10.6. The normalized spacial score (nSPS) is 10.6. The lowest BCUT2D eigenvalue weighted by Crippen LogP contribution is -2.09. The van der Waals surface area contributed by atoms with E-state index in [2.05, 4.69) is 11.2 Å². The maximum Gasteiger partial charge on any atom is 0.325 e. The summed E-state index contributed by atoms with van der Waals surface area (Å²) in [6.45, 7) is 1.75. The number of carbonyl (C=O) groups is 1. The molecule has 0 saturated heterocycles. The molecule has 0 bridgehead atoms. The minimum Gasteiger partial charge on any atom is -0.480 e. The second-order valence-electron chi connectivity index (χ2n) is 3.08. The van der Waals surface area contributed by atoms with Crippen LogP contribution >= 0.6 is 0 Å². The summed E-state index contributed by atoms with van der Waals surface area (Å²) >= 11 is 0. The van der Waals surface area contributed by atoms with Crippen LogP contribution in [0.2, 0.25) is 0 Å². The van der Waals surface area contributed by atoms with Crippen LogP contribution in [0.1, 0.15) is 5.69 Å². The molecule has 0 spiro atoms. The van der Waals surface area contributed by atoms with Gasteiger partial charge in [0.2, 0.25) is 0 Å². The van der Waals surface area contributed by atoms with E-state index in [-0.39, 0.29) is 6.54 Å². The smallest absolute Gasteiger partial charge is 0.325 e. The average Bonchev–Trinajstić information content (AvgIpc) is 2.44. The van der Waals surface area contributed by atoms with Gasteiger partial charge in [0.15, 0.2) is 0 Å². The van der Waals surface area contributed by atoms with E-state index in [1.165, 1.54) is 4.68 Å². The van der Waals surface area contributed by atoms with Crippen molar-refractivity contribution in [2.75, 3.05) is 0 Å². The zero-order valence-electron chi connectivity index (χ0n) is 7.69. The summed E-state index contributed by atoms with van der Waals surface area (Å²) in [7, 11) is 0. The molecule has 0 unspecified atom stereocenters. The van der Waals surface area contributed by atoms with Crippen LogP contribution in [0.15, 0.2) is 18.2 Å². The molecule has 0 aliphatic heterocycles. The maximum absolute atomic E-state index is 10.6. The summed E-state index contributed by atoms with van der Waals surface area (Å²) in [6, 6.07) is 8.33. The van der Waals surface area contributed by atoms with Gasteiger partial charge in [-0.05, 0) is 25.1 Å². The largest absolute Gasteiger partial charge is 0.480 e. The first-order chi connectivity index (χ1) is 6.68. The second kappa shape index (κ2) is 3.14. The Morgan fingerprint density at radius 3 is 3.21 bits per heavy atom. The molecule has 0 saturated carbocycles. The predicted molar refractivity (Wildman–Crippen MR) is 50.9 cm³/mol. The number of aromatic nitrogens is 2. The van der Waals surface area contributed by atoms with Gasteiger partial charge < -0.3 is 5.11 Å². The topological polar surface area (TPSA) is 55.1 Å². The SMILES string of the molecule is Cc1nn(CC(=O)O)c2cc[c]cc12. The zero-order valence-corrected chi connectivity index (χ0v) is 7.69. The summed E-state index contributed by atoms with van der Waals surface area (Å²) in [5.41, 5.74) is 1.67. The van der Waals surface area contributed by atoms with Crippen LogP contribution in [-0.2, 0) is 11.3 Å². The molecule has 0 fully saturated rings. The first kappa shape index (κ1) is 8.74. The van der Waals surface area contributed by atoms with E-state index < -0.39 is 5.97 Å². The van der Waals surface area contributed by atoms with Gasteiger partial charge in [0, 0.05) is 5.39 Å². The number of fused-ring (bicyclic) bond motifs is 1. The monoisotopic (exact) mass is 189 g/mol. The first-order valence-corrected chi connectivity index (χ1v) is 4.23. The van der Waals surface area contributed by atoms with Gasteiger partial charge in [0.25, 0.3) is 0 Å². The fourth-order valence-corrected chi connectivity index (χ4v) is 1.47. The Morgan fingerprint density at radius 2 is 2.50 bits per heavy atom. The average molecular weight is 189 g/mol. The van der Waals surface area contributed by atoms with Gasteiger partial charge in [-0.2, -0.15) is 5.10 Å². The van der Waals surface area contributed by atoms with Crippen LogP contribution in [0.4, 0.5) is 0 Å². The van der Waals surface area contributed by atoms with Gasteiger partial charge in [-0.3, -0.25) is 9.48 Å². The van der Waals surface area contributed by atoms with E-state index in [4.69, 9.17) is 5.11 Å².